The molecule has 0 bridgehead atoms. The Morgan fingerprint density at radius 2 is 1.33 bits per heavy atom. The molecule has 0 aromatic heterocycles. The number of ketones is 1. The van der Waals surface area contributed by atoms with Gasteiger partial charge in [-0.25, -0.2) is 4.39 Å². The Hall–Kier alpha value is -2.54. The minimum Gasteiger partial charge on any atom is -0.481 e. The van der Waals surface area contributed by atoms with E-state index in [4.69, 9.17) is 16.7 Å². The number of halogens is 2. The van der Waals surface area contributed by atoms with Crippen LogP contribution in [-0.4, -0.2) is 46.5 Å². The number of unbranched alkanes of at least 4 members (excludes halogenated alkanes) is 11. The molecule has 1 fully saturated rings. The molecular weight excluding hydrogens is 601 g/mol. The number of allylic oxidation sites excluding steroid dienone is 2. The van der Waals surface area contributed by atoms with Crippen LogP contribution in [0.15, 0.2) is 60.7 Å². The first-order valence-electron chi connectivity index (χ1n) is 17.6. The van der Waals surface area contributed by atoms with Crippen LogP contribution in [-0.2, 0) is 10.4 Å². The second kappa shape index (κ2) is 23.7. The first-order valence-corrected chi connectivity index (χ1v) is 18.0. The fourth-order valence-corrected chi connectivity index (χ4v) is 5.91. The van der Waals surface area contributed by atoms with Gasteiger partial charge in [-0.05, 0) is 99.9 Å². The largest absolute Gasteiger partial charge is 0.481 e. The van der Waals surface area contributed by atoms with Crippen molar-refractivity contribution in [3.05, 3.63) is 82.6 Å². The van der Waals surface area contributed by atoms with E-state index in [0.29, 0.717) is 36.3 Å². The number of piperidine rings is 1. The van der Waals surface area contributed by atoms with E-state index < -0.39 is 11.6 Å². The minimum atomic E-state index is -0.801. The van der Waals surface area contributed by atoms with Gasteiger partial charge in [0.25, 0.3) is 0 Å². The molecule has 3 rings (SSSR count). The molecule has 1 heterocycles. The molecule has 0 aliphatic carbocycles. The summed E-state index contributed by atoms with van der Waals surface area (Å²) in [5.41, 5.74) is 0.667. The second-order valence-corrected chi connectivity index (χ2v) is 13.1. The quantitative estimate of drug-likeness (QED) is 0.0793. The Kier molecular flexibility index (Phi) is 20.4. The molecule has 46 heavy (non-hydrogen) atoms. The van der Waals surface area contributed by atoms with E-state index in [9.17, 15) is 19.1 Å². The molecule has 2 aromatic carbocycles. The number of rotatable bonds is 21. The zero-order valence-electron chi connectivity index (χ0n) is 28.0. The van der Waals surface area contributed by atoms with Gasteiger partial charge in [-0.2, -0.15) is 0 Å². The van der Waals surface area contributed by atoms with Crippen molar-refractivity contribution in [2.45, 2.75) is 128 Å². The maximum absolute atomic E-state index is 12.9. The highest BCUT2D eigenvalue weighted by atomic mass is 35.5. The van der Waals surface area contributed by atoms with Gasteiger partial charge in [0.05, 0.1) is 5.60 Å². The van der Waals surface area contributed by atoms with Crippen LogP contribution < -0.4 is 0 Å². The number of carboxylic acid groups (broad SMARTS) is 1. The van der Waals surface area contributed by atoms with Crippen molar-refractivity contribution in [3.8, 4) is 0 Å². The molecule has 0 unspecified atom stereocenters. The van der Waals surface area contributed by atoms with Gasteiger partial charge < -0.3 is 15.1 Å². The lowest BCUT2D eigenvalue weighted by atomic mass is 9.84. The molecule has 1 aliphatic rings. The Labute approximate surface area is 282 Å². The normalized spacial score (nSPS) is 14.6. The van der Waals surface area contributed by atoms with Gasteiger partial charge in [-0.3, -0.25) is 9.59 Å². The number of benzene rings is 2. The topological polar surface area (TPSA) is 77.8 Å². The van der Waals surface area contributed by atoms with Crippen LogP contribution in [0, 0.1) is 5.82 Å². The molecule has 0 amide bonds. The number of nitrogens with zero attached hydrogens (tertiary/aromatic N) is 1. The molecule has 5 nitrogen and oxygen atoms in total. The predicted octanol–water partition coefficient (Wildman–Crippen LogP) is 10.5. The van der Waals surface area contributed by atoms with Crippen LogP contribution in [0.2, 0.25) is 5.02 Å². The van der Waals surface area contributed by atoms with Gasteiger partial charge in [0.15, 0.2) is 5.78 Å². The maximum Gasteiger partial charge on any atom is 0.303 e. The van der Waals surface area contributed by atoms with Crippen molar-refractivity contribution < 1.29 is 24.2 Å². The van der Waals surface area contributed by atoms with Crippen LogP contribution in [0.3, 0.4) is 0 Å². The molecule has 256 valence electrons. The molecule has 2 N–H and O–H groups in total. The number of carbonyl (C=O) groups is 2. The van der Waals surface area contributed by atoms with Crippen molar-refractivity contribution in [2.75, 3.05) is 19.6 Å². The molecule has 0 radical (unpaired) electrons. The van der Waals surface area contributed by atoms with Crippen LogP contribution in [0.4, 0.5) is 4.39 Å². The van der Waals surface area contributed by atoms with E-state index in [2.05, 4.69) is 24.0 Å². The van der Waals surface area contributed by atoms with Crippen molar-refractivity contribution in [2.24, 2.45) is 0 Å². The third-order valence-corrected chi connectivity index (χ3v) is 9.01. The zero-order valence-corrected chi connectivity index (χ0v) is 28.8. The number of hydrogen-bond donors (Lipinski definition) is 2. The number of Topliss-reactive ketones (excluding diaryl/α,β-unsaturated/α-hetero) is 1. The number of likely N-dealkylation sites (tertiary alicyclic amines) is 1. The van der Waals surface area contributed by atoms with Crippen molar-refractivity contribution in [1.29, 1.82) is 0 Å². The van der Waals surface area contributed by atoms with Crippen LogP contribution >= 0.6 is 11.6 Å². The van der Waals surface area contributed by atoms with Gasteiger partial charge in [-0.15, -0.1) is 0 Å². The molecule has 1 saturated heterocycles. The summed E-state index contributed by atoms with van der Waals surface area (Å²) in [5, 5.41) is 20.1. The summed E-state index contributed by atoms with van der Waals surface area (Å²) in [4.78, 5) is 24.7. The highest BCUT2D eigenvalue weighted by molar-refractivity contribution is 6.30. The highest BCUT2D eigenvalue weighted by Crippen LogP contribution is 2.33. The Bertz CT molecular complexity index is 1130. The third kappa shape index (κ3) is 17.4. The van der Waals surface area contributed by atoms with Crippen LogP contribution in [0.5, 0.6) is 0 Å². The fourth-order valence-electron chi connectivity index (χ4n) is 5.79. The van der Waals surface area contributed by atoms with Gasteiger partial charge in [0.2, 0.25) is 0 Å². The summed E-state index contributed by atoms with van der Waals surface area (Å²) in [5.74, 6) is -0.953. The van der Waals surface area contributed by atoms with Gasteiger partial charge >= 0.3 is 5.97 Å². The number of aliphatic hydroxyl groups is 1. The average molecular weight is 658 g/mol. The minimum absolute atomic E-state index is 0.0414. The van der Waals surface area contributed by atoms with E-state index in [1.165, 1.54) is 94.9 Å². The van der Waals surface area contributed by atoms with E-state index in [0.717, 1.165) is 44.5 Å². The first-order chi connectivity index (χ1) is 22.2. The first kappa shape index (κ1) is 39.6. The SMILES string of the molecule is CCCCCCCC/C=C\CCCCCCCC(=O)O.O=C(CCCN1CCC(O)(c2ccc(Cl)cc2)CC1)c1ccc(F)cc1. The summed E-state index contributed by atoms with van der Waals surface area (Å²) >= 11 is 5.92. The van der Waals surface area contributed by atoms with Crippen molar-refractivity contribution >= 4 is 23.4 Å². The Morgan fingerprint density at radius 1 is 0.783 bits per heavy atom. The Morgan fingerprint density at radius 3 is 1.89 bits per heavy atom. The maximum atomic E-state index is 12.9. The molecule has 7 heteroatoms. The number of aliphatic carboxylic acids is 1. The van der Waals surface area contributed by atoms with Crippen LogP contribution in [0.25, 0.3) is 0 Å². The number of carbonyl (C=O) groups excluding carboxylic acids is 1. The molecule has 0 atom stereocenters. The van der Waals surface area contributed by atoms with Crippen LogP contribution in [0.1, 0.15) is 138 Å². The summed E-state index contributed by atoms with van der Waals surface area (Å²) in [6.45, 7) is 4.67. The summed E-state index contributed by atoms with van der Waals surface area (Å²) in [6.07, 6.45) is 23.8. The fraction of sp³-hybridized carbons (Fsp3) is 0.590. The molecule has 0 saturated carbocycles. The van der Waals surface area contributed by atoms with E-state index >= 15 is 0 Å². The third-order valence-electron chi connectivity index (χ3n) is 8.76. The second-order valence-electron chi connectivity index (χ2n) is 12.6. The van der Waals surface area contributed by atoms with Crippen molar-refractivity contribution in [3.63, 3.8) is 0 Å². The lowest BCUT2D eigenvalue weighted by molar-refractivity contribution is -0.137. The van der Waals surface area contributed by atoms with E-state index in [1.807, 2.05) is 24.3 Å². The van der Waals surface area contributed by atoms with Crippen molar-refractivity contribution in [1.82, 2.24) is 4.90 Å². The molecule has 0 spiro atoms. The number of hydrogen-bond acceptors (Lipinski definition) is 4. The van der Waals surface area contributed by atoms with Gasteiger partial charge in [-0.1, -0.05) is 94.2 Å². The highest BCUT2D eigenvalue weighted by Gasteiger charge is 2.33. The predicted molar refractivity (Wildman–Crippen MR) is 188 cm³/mol. The molecule has 1 aliphatic heterocycles. The Balaban J connectivity index is 0.000000334. The summed E-state index contributed by atoms with van der Waals surface area (Å²) < 4.78 is 12.9. The van der Waals surface area contributed by atoms with E-state index in [-0.39, 0.29) is 11.6 Å². The molecule has 2 aromatic rings. The average Bonchev–Trinajstić information content (AvgIpc) is 3.04. The lowest BCUT2D eigenvalue weighted by Gasteiger charge is -2.38. The monoisotopic (exact) mass is 657 g/mol. The van der Waals surface area contributed by atoms with Gasteiger partial charge in [0, 0.05) is 36.5 Å². The van der Waals surface area contributed by atoms with E-state index in [1.54, 1.807) is 0 Å². The lowest BCUT2D eigenvalue weighted by Crippen LogP contribution is -2.42. The summed E-state index contributed by atoms with van der Waals surface area (Å²) in [7, 11) is 0. The summed E-state index contributed by atoms with van der Waals surface area (Å²) in [6, 6.07) is 13.1. The van der Waals surface area contributed by atoms with Gasteiger partial charge in [0.1, 0.15) is 5.82 Å². The molecular formula is C39H57ClFNO4. The number of carboxylic acids is 1. The smallest absolute Gasteiger partial charge is 0.303 e. The zero-order chi connectivity index (χ0) is 33.5. The standard InChI is InChI=1S/C21H23ClFNO2.C18H34O2/c22-18-7-5-17(6-8-18)21(26)11-14-24(15-12-21)13-1-2-20(25)16-3-9-19(23)10-4-16;1-2-3-4-5-6-7-8-9-10-11-12-13-14-15-16-17-18(19)20/h3-10,26H,1-2,11-15H2;9-10H,2-8,11-17H2,1H3,(H,19,20)/b;10-9-.